The van der Waals surface area contributed by atoms with E-state index in [1.54, 1.807) is 7.11 Å². The molecule has 0 amide bonds. The molecular formula is C8H15OP. The minimum absolute atomic E-state index is 0.00926. The first kappa shape index (κ1) is 8.23. The van der Waals surface area contributed by atoms with Crippen LogP contribution in [0.15, 0.2) is 12.2 Å². The highest BCUT2D eigenvalue weighted by molar-refractivity contribution is 7.17. The molecule has 0 radical (unpaired) electrons. The lowest BCUT2D eigenvalue weighted by Crippen LogP contribution is -2.30. The molecule has 1 aliphatic carbocycles. The van der Waals surface area contributed by atoms with Crippen LogP contribution in [0.5, 0.6) is 0 Å². The van der Waals surface area contributed by atoms with Gasteiger partial charge >= 0.3 is 0 Å². The lowest BCUT2D eigenvalue weighted by atomic mass is 9.92. The van der Waals surface area contributed by atoms with E-state index < -0.39 is 0 Å². The second kappa shape index (κ2) is 3.02. The molecule has 10 heavy (non-hydrogen) atoms. The average molecular weight is 158 g/mol. The van der Waals surface area contributed by atoms with Gasteiger partial charge in [-0.2, -0.15) is 0 Å². The van der Waals surface area contributed by atoms with Crippen molar-refractivity contribution < 1.29 is 4.74 Å². The maximum Gasteiger partial charge on any atom is 0.0836 e. The zero-order valence-electron chi connectivity index (χ0n) is 6.63. The van der Waals surface area contributed by atoms with Gasteiger partial charge in [0.2, 0.25) is 0 Å². The van der Waals surface area contributed by atoms with Crippen LogP contribution in [0.25, 0.3) is 0 Å². The third kappa shape index (κ3) is 1.81. The fourth-order valence-corrected chi connectivity index (χ4v) is 1.94. The molecule has 58 valence electrons. The summed E-state index contributed by atoms with van der Waals surface area (Å²) in [6.07, 6.45) is 6.65. The number of allylic oxidation sites excluding steroid dienone is 1. The van der Waals surface area contributed by atoms with Crippen molar-refractivity contribution in [1.29, 1.82) is 0 Å². The molecule has 1 rings (SSSR count). The van der Waals surface area contributed by atoms with Crippen molar-refractivity contribution in [2.45, 2.75) is 31.0 Å². The highest BCUT2D eigenvalue weighted by Crippen LogP contribution is 2.29. The quantitative estimate of drug-likeness (QED) is 0.419. The second-order valence-electron chi connectivity index (χ2n) is 3.12. The minimum Gasteiger partial charge on any atom is -0.374 e. The molecule has 0 saturated carbocycles. The van der Waals surface area contributed by atoms with Gasteiger partial charge in [-0.05, 0) is 25.4 Å². The molecule has 0 aromatic rings. The number of hydrogen-bond acceptors (Lipinski definition) is 1. The van der Waals surface area contributed by atoms with E-state index in [4.69, 9.17) is 4.74 Å². The van der Waals surface area contributed by atoms with Crippen LogP contribution >= 0.6 is 9.24 Å². The number of rotatable bonds is 1. The molecule has 0 heterocycles. The van der Waals surface area contributed by atoms with Crippen LogP contribution in [0.3, 0.4) is 0 Å². The summed E-state index contributed by atoms with van der Waals surface area (Å²) in [6.45, 7) is 2.12. The predicted octanol–water partition coefficient (Wildman–Crippen LogP) is 1.99. The average Bonchev–Trinajstić information content (AvgIpc) is 1.88. The van der Waals surface area contributed by atoms with Crippen LogP contribution in [0.2, 0.25) is 0 Å². The van der Waals surface area contributed by atoms with E-state index in [0.29, 0.717) is 5.66 Å². The van der Waals surface area contributed by atoms with Gasteiger partial charge in [-0.15, -0.1) is 9.24 Å². The van der Waals surface area contributed by atoms with Crippen molar-refractivity contribution in [1.82, 2.24) is 0 Å². The molecule has 0 aromatic heterocycles. The van der Waals surface area contributed by atoms with Crippen LogP contribution in [-0.4, -0.2) is 18.4 Å². The van der Waals surface area contributed by atoms with Crippen molar-refractivity contribution in [3.05, 3.63) is 12.2 Å². The molecule has 0 spiro atoms. The predicted molar refractivity (Wildman–Crippen MR) is 47.3 cm³/mol. The van der Waals surface area contributed by atoms with E-state index in [-0.39, 0.29) is 5.60 Å². The first-order valence-corrected chi connectivity index (χ1v) is 4.31. The molecule has 3 unspecified atom stereocenters. The Bertz CT molecular complexity index is 144. The highest BCUT2D eigenvalue weighted by Gasteiger charge is 2.25. The van der Waals surface area contributed by atoms with Gasteiger partial charge in [0.05, 0.1) is 5.60 Å². The normalized spacial score (nSPS) is 40.1. The molecule has 2 heteroatoms. The Labute approximate surface area is 65.0 Å². The van der Waals surface area contributed by atoms with Crippen molar-refractivity contribution >= 4 is 9.24 Å². The van der Waals surface area contributed by atoms with Gasteiger partial charge in [0, 0.05) is 7.11 Å². The number of ether oxygens (including phenoxy) is 1. The van der Waals surface area contributed by atoms with Crippen molar-refractivity contribution in [3.8, 4) is 0 Å². The summed E-state index contributed by atoms with van der Waals surface area (Å²) in [5.41, 5.74) is 0.681. The molecule has 0 saturated heterocycles. The molecular weight excluding hydrogens is 143 g/mol. The van der Waals surface area contributed by atoms with Gasteiger partial charge in [-0.3, -0.25) is 0 Å². The Morgan fingerprint density at radius 3 is 2.80 bits per heavy atom. The Morgan fingerprint density at radius 2 is 2.40 bits per heavy atom. The van der Waals surface area contributed by atoms with E-state index in [0.717, 1.165) is 6.42 Å². The standard InChI is InChI=1S/C8H15OP/c1-8(9-2)5-3-4-7(10)6-8/h3,5,7H,4,6,10H2,1-2H3. The van der Waals surface area contributed by atoms with Crippen LogP contribution in [0.4, 0.5) is 0 Å². The van der Waals surface area contributed by atoms with Gasteiger partial charge in [-0.25, -0.2) is 0 Å². The van der Waals surface area contributed by atoms with Crippen LogP contribution in [-0.2, 0) is 4.74 Å². The largest absolute Gasteiger partial charge is 0.374 e. The fourth-order valence-electron chi connectivity index (χ4n) is 1.32. The van der Waals surface area contributed by atoms with E-state index >= 15 is 0 Å². The maximum absolute atomic E-state index is 5.35. The van der Waals surface area contributed by atoms with Gasteiger partial charge in [0.25, 0.3) is 0 Å². The smallest absolute Gasteiger partial charge is 0.0836 e. The minimum atomic E-state index is -0.00926. The Hall–Kier alpha value is 0.130. The molecule has 1 aliphatic rings. The van der Waals surface area contributed by atoms with Crippen molar-refractivity contribution in [2.24, 2.45) is 0 Å². The lowest BCUT2D eigenvalue weighted by molar-refractivity contribution is 0.0376. The monoisotopic (exact) mass is 158 g/mol. The van der Waals surface area contributed by atoms with E-state index in [2.05, 4.69) is 28.3 Å². The van der Waals surface area contributed by atoms with E-state index in [9.17, 15) is 0 Å². The van der Waals surface area contributed by atoms with Crippen LogP contribution in [0.1, 0.15) is 19.8 Å². The van der Waals surface area contributed by atoms with Gasteiger partial charge in [0.15, 0.2) is 0 Å². The first-order chi connectivity index (χ1) is 4.66. The van der Waals surface area contributed by atoms with E-state index in [1.165, 1.54) is 6.42 Å². The summed E-state index contributed by atoms with van der Waals surface area (Å²) in [4.78, 5) is 0. The van der Waals surface area contributed by atoms with E-state index in [1.807, 2.05) is 0 Å². The molecule has 0 N–H and O–H groups in total. The summed E-state index contributed by atoms with van der Waals surface area (Å²) in [5.74, 6) is 0. The SMILES string of the molecule is COC1(C)C=CCC(P)C1. The number of methoxy groups -OCH3 is 1. The molecule has 0 bridgehead atoms. The molecule has 0 fully saturated rings. The molecule has 3 atom stereocenters. The fraction of sp³-hybridized carbons (Fsp3) is 0.750. The topological polar surface area (TPSA) is 9.23 Å². The summed E-state index contributed by atoms with van der Waals surface area (Å²) in [7, 11) is 4.62. The van der Waals surface area contributed by atoms with Crippen LogP contribution in [0, 0.1) is 0 Å². The van der Waals surface area contributed by atoms with Crippen molar-refractivity contribution in [3.63, 3.8) is 0 Å². The lowest BCUT2D eigenvalue weighted by Gasteiger charge is -2.30. The van der Waals surface area contributed by atoms with Crippen molar-refractivity contribution in [2.75, 3.05) is 7.11 Å². The molecule has 0 aliphatic heterocycles. The van der Waals surface area contributed by atoms with Gasteiger partial charge in [-0.1, -0.05) is 12.2 Å². The highest BCUT2D eigenvalue weighted by atomic mass is 31.0. The maximum atomic E-state index is 5.35. The Kier molecular flexibility index (Phi) is 2.49. The first-order valence-electron chi connectivity index (χ1n) is 3.65. The summed E-state index contributed by atoms with van der Waals surface area (Å²) in [5, 5.41) is 0. The van der Waals surface area contributed by atoms with Gasteiger partial charge < -0.3 is 4.74 Å². The molecule has 0 aromatic carbocycles. The third-order valence-electron chi connectivity index (χ3n) is 2.04. The van der Waals surface area contributed by atoms with Gasteiger partial charge in [0.1, 0.15) is 0 Å². The number of hydrogen-bond donors (Lipinski definition) is 0. The third-order valence-corrected chi connectivity index (χ3v) is 2.55. The molecule has 1 nitrogen and oxygen atoms in total. The van der Waals surface area contributed by atoms with Crippen LogP contribution < -0.4 is 0 Å². The zero-order valence-corrected chi connectivity index (χ0v) is 7.79. The Balaban J connectivity index is 2.61. The summed E-state index contributed by atoms with van der Waals surface area (Å²) in [6, 6.07) is 0. The summed E-state index contributed by atoms with van der Waals surface area (Å²) >= 11 is 0. The summed E-state index contributed by atoms with van der Waals surface area (Å²) < 4.78 is 5.35. The second-order valence-corrected chi connectivity index (χ2v) is 4.06. The zero-order chi connectivity index (χ0) is 7.61. The Morgan fingerprint density at radius 1 is 1.70 bits per heavy atom.